The number of nitrogens with zero attached hydrogens (tertiary/aromatic N) is 1. The number of methoxy groups -OCH3 is 2. The van der Waals surface area contributed by atoms with Crippen LogP contribution in [-0.4, -0.2) is 67.2 Å². The van der Waals surface area contributed by atoms with Crippen LogP contribution in [0.1, 0.15) is 31.2 Å². The van der Waals surface area contributed by atoms with Crippen LogP contribution in [0, 0.1) is 0 Å². The van der Waals surface area contributed by atoms with Crippen molar-refractivity contribution in [2.24, 2.45) is 0 Å². The Hall–Kier alpha value is -2.47. The van der Waals surface area contributed by atoms with Crippen molar-refractivity contribution in [1.29, 1.82) is 0 Å². The van der Waals surface area contributed by atoms with Gasteiger partial charge in [0.25, 0.3) is 0 Å². The van der Waals surface area contributed by atoms with E-state index in [1.54, 1.807) is 20.3 Å². The van der Waals surface area contributed by atoms with Gasteiger partial charge >= 0.3 is 12.1 Å². The number of thiocarbonyl (C=S) groups is 1. The van der Waals surface area contributed by atoms with E-state index >= 15 is 0 Å². The molecule has 39 heavy (non-hydrogen) atoms. The number of anilines is 1. The lowest BCUT2D eigenvalue weighted by Gasteiger charge is -2.45. The Kier molecular flexibility index (Phi) is 10.2. The third kappa shape index (κ3) is 7.19. The van der Waals surface area contributed by atoms with Crippen molar-refractivity contribution < 1.29 is 32.5 Å². The molecule has 3 unspecified atom stereocenters. The number of aliphatic carboxylic acids is 1. The molecule has 0 bridgehead atoms. The highest BCUT2D eigenvalue weighted by Crippen LogP contribution is 2.50. The zero-order valence-electron chi connectivity index (χ0n) is 21.6. The summed E-state index contributed by atoms with van der Waals surface area (Å²) in [6.45, 7) is 1.08. The number of rotatable bonds is 5. The molecule has 13 heteroatoms. The molecule has 3 N–H and O–H groups in total. The summed E-state index contributed by atoms with van der Waals surface area (Å²) in [5.74, 6) is -1.20. The van der Waals surface area contributed by atoms with Crippen molar-refractivity contribution >= 4 is 52.2 Å². The number of fused-ring (bicyclic) bond motifs is 1. The van der Waals surface area contributed by atoms with E-state index in [4.69, 9.17) is 54.8 Å². The number of halogens is 5. The number of hydrogen-bond donors (Lipinski definition) is 3. The standard InChI is InChI=1S/C24H29Cl2N3O2S.C2HF3O2/c1-29-12-11-24(15-7-8-19(30-2)20(13-15)31-3)10-9-16(14-21(24)29)27-23(32)28-18-6-4-5-17(25)22(18)26;3-2(4,5)1(6)7/h4-8,13,16,21H,9-12,14H2,1-3H3,(H2,27,28,32);(H,6,7). The Morgan fingerprint density at radius 2 is 1.82 bits per heavy atom. The number of ether oxygens (including phenoxy) is 2. The van der Waals surface area contributed by atoms with Crippen LogP contribution in [0.25, 0.3) is 0 Å². The first-order valence-electron chi connectivity index (χ1n) is 12.1. The molecule has 4 rings (SSSR count). The number of carbonyl (C=O) groups is 1. The highest BCUT2D eigenvalue weighted by molar-refractivity contribution is 7.80. The quantitative estimate of drug-likeness (QED) is 0.350. The van der Waals surface area contributed by atoms with Crippen LogP contribution in [0.3, 0.4) is 0 Å². The summed E-state index contributed by atoms with van der Waals surface area (Å²) in [5, 5.41) is 15.4. The van der Waals surface area contributed by atoms with Crippen LogP contribution in [0.5, 0.6) is 11.5 Å². The fourth-order valence-electron chi connectivity index (χ4n) is 5.34. The fraction of sp³-hybridized carbons (Fsp3) is 0.462. The molecule has 2 aliphatic rings. The zero-order chi connectivity index (χ0) is 29.0. The van der Waals surface area contributed by atoms with Gasteiger partial charge < -0.3 is 30.1 Å². The number of likely N-dealkylation sites (N-methyl/N-ethyl adjacent to an activating group) is 1. The van der Waals surface area contributed by atoms with Crippen LogP contribution < -0.4 is 20.1 Å². The van der Waals surface area contributed by atoms with Gasteiger partial charge in [0.15, 0.2) is 16.6 Å². The highest BCUT2D eigenvalue weighted by atomic mass is 35.5. The number of nitrogens with one attached hydrogen (secondary N) is 2. The third-order valence-corrected chi connectivity index (χ3v) is 8.30. The fourth-order valence-corrected chi connectivity index (χ4v) is 5.96. The maximum atomic E-state index is 10.6. The van der Waals surface area contributed by atoms with E-state index in [1.165, 1.54) is 5.56 Å². The summed E-state index contributed by atoms with van der Waals surface area (Å²) in [6.07, 6.45) is -0.827. The van der Waals surface area contributed by atoms with Crippen molar-refractivity contribution in [3.8, 4) is 11.5 Å². The molecule has 0 spiro atoms. The predicted octanol–water partition coefficient (Wildman–Crippen LogP) is 6.12. The van der Waals surface area contributed by atoms with Crippen LogP contribution in [0.4, 0.5) is 18.9 Å². The molecule has 0 amide bonds. The molecular formula is C26H30Cl2F3N3O4S. The molecule has 0 radical (unpaired) electrons. The van der Waals surface area contributed by atoms with Gasteiger partial charge in [-0.2, -0.15) is 13.2 Å². The van der Waals surface area contributed by atoms with Gasteiger partial charge in [-0.25, -0.2) is 4.79 Å². The van der Waals surface area contributed by atoms with E-state index in [9.17, 15) is 13.2 Å². The Morgan fingerprint density at radius 1 is 1.15 bits per heavy atom. The minimum absolute atomic E-state index is 0.109. The lowest BCUT2D eigenvalue weighted by molar-refractivity contribution is -0.192. The van der Waals surface area contributed by atoms with E-state index in [2.05, 4.69) is 34.7 Å². The molecule has 7 nitrogen and oxygen atoms in total. The molecule has 0 aromatic heterocycles. The van der Waals surface area contributed by atoms with Crippen molar-refractivity contribution in [2.45, 2.75) is 49.4 Å². The number of alkyl halides is 3. The molecule has 1 aliphatic carbocycles. The lowest BCUT2D eigenvalue weighted by atomic mass is 9.65. The van der Waals surface area contributed by atoms with Gasteiger partial charge in [-0.05, 0) is 81.3 Å². The van der Waals surface area contributed by atoms with Crippen LogP contribution in [-0.2, 0) is 10.2 Å². The van der Waals surface area contributed by atoms with E-state index < -0.39 is 12.1 Å². The average molecular weight is 609 g/mol. The van der Waals surface area contributed by atoms with E-state index in [-0.39, 0.29) is 11.5 Å². The van der Waals surface area contributed by atoms with E-state index in [1.807, 2.05) is 18.2 Å². The average Bonchev–Trinajstić information content (AvgIpc) is 3.23. The minimum Gasteiger partial charge on any atom is -0.493 e. The number of hydrogen-bond acceptors (Lipinski definition) is 5. The second kappa shape index (κ2) is 12.8. The summed E-state index contributed by atoms with van der Waals surface area (Å²) < 4.78 is 42.8. The van der Waals surface area contributed by atoms with Crippen molar-refractivity contribution in [3.63, 3.8) is 0 Å². The van der Waals surface area contributed by atoms with Crippen LogP contribution in [0.2, 0.25) is 10.0 Å². The van der Waals surface area contributed by atoms with E-state index in [0.717, 1.165) is 43.7 Å². The summed E-state index contributed by atoms with van der Waals surface area (Å²) in [4.78, 5) is 11.4. The summed E-state index contributed by atoms with van der Waals surface area (Å²) in [5.41, 5.74) is 2.15. The molecule has 2 aromatic rings. The van der Waals surface area contributed by atoms with Crippen LogP contribution in [0.15, 0.2) is 36.4 Å². The summed E-state index contributed by atoms with van der Waals surface area (Å²) in [7, 11) is 5.59. The van der Waals surface area contributed by atoms with Gasteiger partial charge in [-0.1, -0.05) is 35.3 Å². The van der Waals surface area contributed by atoms with Gasteiger partial charge in [-0.15, -0.1) is 0 Å². The Bertz CT molecular complexity index is 1200. The molecule has 2 fully saturated rings. The SMILES string of the molecule is COc1ccc(C23CCC(NC(=S)Nc4cccc(Cl)c4Cl)CC2N(C)CC3)cc1OC.O=C(O)C(F)(F)F. The van der Waals surface area contributed by atoms with Gasteiger partial charge in [0.1, 0.15) is 0 Å². The molecule has 1 heterocycles. The minimum atomic E-state index is -5.08. The second-order valence-electron chi connectivity index (χ2n) is 9.45. The van der Waals surface area contributed by atoms with Gasteiger partial charge in [0.05, 0.1) is 30.0 Å². The highest BCUT2D eigenvalue weighted by Gasteiger charge is 2.50. The summed E-state index contributed by atoms with van der Waals surface area (Å²) >= 11 is 18.0. The first kappa shape index (κ1) is 31.1. The Labute approximate surface area is 240 Å². The second-order valence-corrected chi connectivity index (χ2v) is 10.6. The molecule has 1 aliphatic heterocycles. The molecule has 1 saturated heterocycles. The van der Waals surface area contributed by atoms with Crippen molar-refractivity contribution in [2.75, 3.05) is 33.1 Å². The molecule has 214 valence electrons. The normalized spacial score (nSPS) is 22.7. The van der Waals surface area contributed by atoms with E-state index in [0.29, 0.717) is 26.9 Å². The number of likely N-dealkylation sites (tertiary alicyclic amines) is 1. The van der Waals surface area contributed by atoms with Crippen molar-refractivity contribution in [1.82, 2.24) is 10.2 Å². The van der Waals surface area contributed by atoms with Crippen LogP contribution >= 0.6 is 35.4 Å². The van der Waals surface area contributed by atoms with Gasteiger partial charge in [0.2, 0.25) is 0 Å². The summed E-state index contributed by atoms with van der Waals surface area (Å²) in [6, 6.07) is 12.6. The molecule has 2 aromatic carbocycles. The zero-order valence-corrected chi connectivity index (χ0v) is 23.9. The Morgan fingerprint density at radius 3 is 2.44 bits per heavy atom. The first-order valence-corrected chi connectivity index (χ1v) is 13.2. The number of carboxylic acid groups (broad SMARTS) is 1. The molecule has 1 saturated carbocycles. The lowest BCUT2D eigenvalue weighted by Crippen LogP contribution is -2.52. The predicted molar refractivity (Wildman–Crippen MR) is 149 cm³/mol. The molecular weight excluding hydrogens is 578 g/mol. The molecule has 3 atom stereocenters. The number of benzene rings is 2. The maximum absolute atomic E-state index is 10.6. The largest absolute Gasteiger partial charge is 0.493 e. The smallest absolute Gasteiger partial charge is 0.490 e. The maximum Gasteiger partial charge on any atom is 0.490 e. The monoisotopic (exact) mass is 607 g/mol. The Balaban J connectivity index is 0.000000532. The van der Waals surface area contributed by atoms with Crippen molar-refractivity contribution in [3.05, 3.63) is 52.0 Å². The topological polar surface area (TPSA) is 83.1 Å². The third-order valence-electron chi connectivity index (χ3n) is 7.26. The first-order chi connectivity index (χ1) is 18.3. The van der Waals surface area contributed by atoms with Gasteiger partial charge in [0, 0.05) is 17.5 Å². The number of carboxylic acids is 1. The van der Waals surface area contributed by atoms with Gasteiger partial charge in [-0.3, -0.25) is 0 Å².